The zero-order valence-corrected chi connectivity index (χ0v) is 17.5. The zero-order chi connectivity index (χ0) is 22.1. The second kappa shape index (κ2) is 8.02. The number of carbonyl (C=O) groups is 3. The van der Waals surface area contributed by atoms with Crippen LogP contribution in [0.1, 0.15) is 43.9 Å². The smallest absolute Gasteiger partial charge is 0.408 e. The van der Waals surface area contributed by atoms with Crippen LogP contribution in [-0.4, -0.2) is 39.5 Å². The van der Waals surface area contributed by atoms with E-state index < -0.39 is 29.6 Å². The van der Waals surface area contributed by atoms with E-state index in [0.717, 1.165) is 21.8 Å². The number of carbonyl (C=O) groups excluding carboxylic acids is 3. The van der Waals surface area contributed by atoms with Gasteiger partial charge in [-0.2, -0.15) is 0 Å². The maximum atomic E-state index is 12.5. The summed E-state index contributed by atoms with van der Waals surface area (Å²) in [7, 11) is 0. The molecule has 0 aliphatic rings. The number of hydrogen-bond donors (Lipinski definition) is 4. The average molecular weight is 411 g/mol. The van der Waals surface area contributed by atoms with Crippen LogP contribution in [0.25, 0.3) is 21.8 Å². The molecule has 3 amide bonds. The van der Waals surface area contributed by atoms with Crippen LogP contribution < -0.4 is 16.2 Å². The highest BCUT2D eigenvalue weighted by Crippen LogP contribution is 2.27. The fraction of sp³-hybridized carbons (Fsp3) is 0.333. The van der Waals surface area contributed by atoms with Gasteiger partial charge >= 0.3 is 6.09 Å². The molecule has 158 valence electrons. The predicted octanol–water partition coefficient (Wildman–Crippen LogP) is 2.70. The van der Waals surface area contributed by atoms with Gasteiger partial charge in [0.15, 0.2) is 0 Å². The van der Waals surface area contributed by atoms with Crippen LogP contribution in [-0.2, 0) is 9.53 Å². The van der Waals surface area contributed by atoms with E-state index in [-0.39, 0.29) is 5.69 Å². The number of H-pyrrole nitrogens is 1. The van der Waals surface area contributed by atoms with Crippen LogP contribution in [0.5, 0.6) is 0 Å². The molecule has 2 aromatic heterocycles. The molecular formula is C21H25N5O4. The van der Waals surface area contributed by atoms with Crippen molar-refractivity contribution in [3.05, 3.63) is 41.7 Å². The number of aromatic amines is 1. The summed E-state index contributed by atoms with van der Waals surface area (Å²) in [5.41, 5.74) is 6.57. The third-order valence-electron chi connectivity index (χ3n) is 4.34. The van der Waals surface area contributed by atoms with Gasteiger partial charge in [0.1, 0.15) is 17.3 Å². The molecule has 9 nitrogen and oxygen atoms in total. The molecule has 0 aliphatic heterocycles. The molecule has 0 saturated carbocycles. The standard InChI is InChI=1S/C21H25N5O4/c1-11-17-14(13-8-6-7-9-15(13)24-17)10-16(22-11)19(28)26-25-18(27)12(2)23-20(29)30-21(3,4)5/h6-10,12,24H,1-5H3,(H,23,29)(H,25,27)(H,26,28)/t12-/m0/s1. The number of hydrogen-bond acceptors (Lipinski definition) is 5. The summed E-state index contributed by atoms with van der Waals surface area (Å²) in [5.74, 6) is -1.16. The van der Waals surface area contributed by atoms with E-state index in [4.69, 9.17) is 4.74 Å². The lowest BCUT2D eigenvalue weighted by molar-refractivity contribution is -0.123. The van der Waals surface area contributed by atoms with Crippen molar-refractivity contribution in [3.8, 4) is 0 Å². The van der Waals surface area contributed by atoms with Crippen molar-refractivity contribution in [2.45, 2.75) is 46.3 Å². The number of nitrogens with zero attached hydrogens (tertiary/aromatic N) is 1. The monoisotopic (exact) mass is 411 g/mol. The number of benzene rings is 1. The Morgan fingerprint density at radius 1 is 1.10 bits per heavy atom. The highest BCUT2D eigenvalue weighted by molar-refractivity contribution is 6.10. The Morgan fingerprint density at radius 3 is 2.50 bits per heavy atom. The summed E-state index contributed by atoms with van der Waals surface area (Å²) in [4.78, 5) is 44.1. The molecule has 0 aliphatic carbocycles. The fourth-order valence-electron chi connectivity index (χ4n) is 2.96. The van der Waals surface area contributed by atoms with E-state index in [9.17, 15) is 14.4 Å². The predicted molar refractivity (Wildman–Crippen MR) is 113 cm³/mol. The minimum Gasteiger partial charge on any atom is -0.444 e. The van der Waals surface area contributed by atoms with E-state index in [1.165, 1.54) is 6.92 Å². The van der Waals surface area contributed by atoms with Gasteiger partial charge in [0.2, 0.25) is 0 Å². The molecule has 3 rings (SSSR count). The Labute approximate surface area is 173 Å². The summed E-state index contributed by atoms with van der Waals surface area (Å²) < 4.78 is 5.10. The van der Waals surface area contributed by atoms with Crippen LogP contribution in [0.15, 0.2) is 30.3 Å². The molecule has 4 N–H and O–H groups in total. The summed E-state index contributed by atoms with van der Waals surface area (Å²) >= 11 is 0. The molecule has 2 heterocycles. The second-order valence-electron chi connectivity index (χ2n) is 8.00. The number of aryl methyl sites for hydroxylation is 1. The van der Waals surface area contributed by atoms with Gasteiger partial charge in [0.25, 0.3) is 11.8 Å². The molecule has 1 aromatic carbocycles. The third-order valence-corrected chi connectivity index (χ3v) is 4.34. The summed E-state index contributed by atoms with van der Waals surface area (Å²) in [5, 5.41) is 4.25. The number of nitrogens with one attached hydrogen (secondary N) is 4. The molecular weight excluding hydrogens is 386 g/mol. The maximum Gasteiger partial charge on any atom is 0.408 e. The summed E-state index contributed by atoms with van der Waals surface area (Å²) in [6.07, 6.45) is -0.724. The Kier molecular flexibility index (Phi) is 5.64. The van der Waals surface area contributed by atoms with Crippen LogP contribution in [0.4, 0.5) is 4.79 Å². The van der Waals surface area contributed by atoms with Crippen molar-refractivity contribution < 1.29 is 19.1 Å². The number of ether oxygens (including phenoxy) is 1. The molecule has 0 unspecified atom stereocenters. The van der Waals surface area contributed by atoms with Crippen molar-refractivity contribution in [2.24, 2.45) is 0 Å². The third kappa shape index (κ3) is 4.68. The molecule has 1 atom stereocenters. The van der Waals surface area contributed by atoms with E-state index in [2.05, 4.69) is 26.1 Å². The number of aromatic nitrogens is 2. The summed E-state index contributed by atoms with van der Waals surface area (Å²) in [6, 6.07) is 8.52. The van der Waals surface area contributed by atoms with E-state index in [0.29, 0.717) is 5.69 Å². The van der Waals surface area contributed by atoms with Crippen LogP contribution >= 0.6 is 0 Å². The van der Waals surface area contributed by atoms with Crippen molar-refractivity contribution in [2.75, 3.05) is 0 Å². The summed E-state index contributed by atoms with van der Waals surface area (Å²) in [6.45, 7) is 8.44. The lowest BCUT2D eigenvalue weighted by Crippen LogP contribution is -2.51. The molecule has 0 saturated heterocycles. The Bertz CT molecular complexity index is 1130. The Balaban J connectivity index is 1.67. The van der Waals surface area contributed by atoms with Gasteiger partial charge in [0.05, 0.1) is 11.2 Å². The van der Waals surface area contributed by atoms with Gasteiger partial charge in [-0.25, -0.2) is 9.78 Å². The van der Waals surface area contributed by atoms with Crippen molar-refractivity contribution in [1.29, 1.82) is 0 Å². The van der Waals surface area contributed by atoms with E-state index >= 15 is 0 Å². The molecule has 0 bridgehead atoms. The minimum atomic E-state index is -0.911. The molecule has 0 fully saturated rings. The number of fused-ring (bicyclic) bond motifs is 3. The van der Waals surface area contributed by atoms with Gasteiger partial charge in [-0.1, -0.05) is 18.2 Å². The highest BCUT2D eigenvalue weighted by atomic mass is 16.6. The van der Waals surface area contributed by atoms with E-state index in [1.54, 1.807) is 33.8 Å². The molecule has 9 heteroatoms. The number of para-hydroxylation sites is 1. The molecule has 3 aromatic rings. The normalized spacial score (nSPS) is 12.4. The van der Waals surface area contributed by atoms with Gasteiger partial charge in [-0.05, 0) is 46.8 Å². The number of pyridine rings is 1. The first-order chi connectivity index (χ1) is 14.0. The van der Waals surface area contributed by atoms with Gasteiger partial charge < -0.3 is 15.0 Å². The van der Waals surface area contributed by atoms with Gasteiger partial charge in [-0.15, -0.1) is 0 Å². The molecule has 30 heavy (non-hydrogen) atoms. The van der Waals surface area contributed by atoms with Gasteiger partial charge in [0, 0.05) is 16.3 Å². The van der Waals surface area contributed by atoms with E-state index in [1.807, 2.05) is 24.3 Å². The van der Waals surface area contributed by atoms with Gasteiger partial charge in [-0.3, -0.25) is 20.4 Å². The minimum absolute atomic E-state index is 0.165. The number of rotatable bonds is 3. The first kappa shape index (κ1) is 21.1. The Hall–Kier alpha value is -3.62. The van der Waals surface area contributed by atoms with Crippen LogP contribution in [0.3, 0.4) is 0 Å². The fourth-order valence-corrected chi connectivity index (χ4v) is 2.96. The lowest BCUT2D eigenvalue weighted by atomic mass is 10.1. The lowest BCUT2D eigenvalue weighted by Gasteiger charge is -2.21. The SMILES string of the molecule is Cc1nc(C(=O)NNC(=O)[C@H](C)NC(=O)OC(C)(C)C)cc2c1[nH]c1ccccc12. The largest absolute Gasteiger partial charge is 0.444 e. The zero-order valence-electron chi connectivity index (χ0n) is 17.5. The first-order valence-corrected chi connectivity index (χ1v) is 9.53. The topological polar surface area (TPSA) is 125 Å². The number of amides is 3. The molecule has 0 radical (unpaired) electrons. The molecule has 0 spiro atoms. The van der Waals surface area contributed by atoms with Crippen LogP contribution in [0.2, 0.25) is 0 Å². The Morgan fingerprint density at radius 2 is 1.80 bits per heavy atom. The number of hydrazine groups is 1. The second-order valence-corrected chi connectivity index (χ2v) is 8.00. The van der Waals surface area contributed by atoms with Crippen LogP contribution in [0, 0.1) is 6.92 Å². The van der Waals surface area contributed by atoms with Crippen molar-refractivity contribution in [3.63, 3.8) is 0 Å². The van der Waals surface area contributed by atoms with Crippen molar-refractivity contribution in [1.82, 2.24) is 26.1 Å². The average Bonchev–Trinajstić information content (AvgIpc) is 3.03. The number of alkyl carbamates (subject to hydrolysis) is 1. The first-order valence-electron chi connectivity index (χ1n) is 9.53. The quantitative estimate of drug-likeness (QED) is 0.493. The van der Waals surface area contributed by atoms with Crippen molar-refractivity contribution >= 4 is 39.7 Å². The maximum absolute atomic E-state index is 12.5. The highest BCUT2D eigenvalue weighted by Gasteiger charge is 2.22.